The van der Waals surface area contributed by atoms with Crippen molar-refractivity contribution in [2.24, 2.45) is 5.41 Å². The van der Waals surface area contributed by atoms with Crippen molar-refractivity contribution in [3.05, 3.63) is 0 Å². The molecule has 3 nitrogen and oxygen atoms in total. The summed E-state index contributed by atoms with van der Waals surface area (Å²) in [5.74, 6) is 0.0770. The molecule has 0 radical (unpaired) electrons. The van der Waals surface area contributed by atoms with Gasteiger partial charge in [0.15, 0.2) is 0 Å². The van der Waals surface area contributed by atoms with Crippen LogP contribution in [0.15, 0.2) is 0 Å². The normalized spacial score (nSPS) is 24.2. The van der Waals surface area contributed by atoms with Gasteiger partial charge in [0.2, 0.25) is 5.91 Å². The number of rotatable bonds is 2. The number of hydrogen-bond donors (Lipinski definition) is 0. The highest BCUT2D eigenvalue weighted by Gasteiger charge is 2.47. The van der Waals surface area contributed by atoms with Gasteiger partial charge in [0.25, 0.3) is 0 Å². The van der Waals surface area contributed by atoms with Crippen LogP contribution in [-0.4, -0.2) is 23.9 Å². The number of nitrogens with zero attached hydrogens (tertiary/aromatic N) is 2. The van der Waals surface area contributed by atoms with E-state index in [4.69, 9.17) is 5.26 Å². The minimum absolute atomic E-state index is 0.0770. The van der Waals surface area contributed by atoms with Crippen LogP contribution in [0, 0.1) is 16.7 Å². The largest absolute Gasteiger partial charge is 0.341 e. The van der Waals surface area contributed by atoms with Crippen molar-refractivity contribution in [2.75, 3.05) is 7.05 Å². The minimum Gasteiger partial charge on any atom is -0.341 e. The number of carbonyl (C=O) groups is 1. The van der Waals surface area contributed by atoms with Crippen molar-refractivity contribution in [1.82, 2.24) is 4.90 Å². The highest BCUT2D eigenvalue weighted by atomic mass is 16.2. The average molecular weight is 220 g/mol. The van der Waals surface area contributed by atoms with Crippen molar-refractivity contribution in [2.45, 2.75) is 57.4 Å². The molecule has 0 aromatic carbocycles. The zero-order valence-corrected chi connectivity index (χ0v) is 10.0. The quantitative estimate of drug-likeness (QED) is 0.717. The molecule has 2 aliphatic rings. The average Bonchev–Trinajstić information content (AvgIpc) is 2.28. The summed E-state index contributed by atoms with van der Waals surface area (Å²) in [7, 11) is 1.88. The summed E-state index contributed by atoms with van der Waals surface area (Å²) in [6, 6.07) is 2.63. The van der Waals surface area contributed by atoms with Crippen LogP contribution in [0.5, 0.6) is 0 Å². The Kier molecular flexibility index (Phi) is 3.18. The molecule has 0 N–H and O–H groups in total. The maximum atomic E-state index is 12.3. The number of hydrogen-bond acceptors (Lipinski definition) is 2. The van der Waals surface area contributed by atoms with Crippen LogP contribution in [0.2, 0.25) is 0 Å². The van der Waals surface area contributed by atoms with Gasteiger partial charge in [-0.1, -0.05) is 19.3 Å². The molecule has 0 heterocycles. The minimum atomic E-state index is -0.661. The number of nitriles is 1. The molecule has 0 spiro atoms. The third-order valence-electron chi connectivity index (χ3n) is 4.27. The van der Waals surface area contributed by atoms with Gasteiger partial charge in [0.1, 0.15) is 5.41 Å². The lowest BCUT2D eigenvalue weighted by atomic mass is 9.68. The van der Waals surface area contributed by atoms with Crippen molar-refractivity contribution < 1.29 is 4.79 Å². The van der Waals surface area contributed by atoms with Gasteiger partial charge in [-0.3, -0.25) is 4.79 Å². The molecule has 0 aromatic rings. The van der Waals surface area contributed by atoms with Gasteiger partial charge in [-0.2, -0.15) is 5.26 Å². The first-order chi connectivity index (χ1) is 7.69. The van der Waals surface area contributed by atoms with E-state index in [0.29, 0.717) is 6.04 Å². The second-order valence-electron chi connectivity index (χ2n) is 5.26. The first kappa shape index (κ1) is 11.4. The Labute approximate surface area is 97.4 Å². The van der Waals surface area contributed by atoms with E-state index in [-0.39, 0.29) is 5.91 Å². The van der Waals surface area contributed by atoms with Gasteiger partial charge >= 0.3 is 0 Å². The van der Waals surface area contributed by atoms with Gasteiger partial charge in [0, 0.05) is 13.1 Å². The summed E-state index contributed by atoms with van der Waals surface area (Å²) in [6.07, 6.45) is 8.52. The molecule has 0 unspecified atom stereocenters. The third-order valence-corrected chi connectivity index (χ3v) is 4.27. The maximum Gasteiger partial charge on any atom is 0.243 e. The fraction of sp³-hybridized carbons (Fsp3) is 0.846. The fourth-order valence-electron chi connectivity index (χ4n) is 2.88. The third kappa shape index (κ3) is 1.81. The first-order valence-corrected chi connectivity index (χ1v) is 6.38. The summed E-state index contributed by atoms with van der Waals surface area (Å²) in [5, 5.41) is 9.16. The van der Waals surface area contributed by atoms with Gasteiger partial charge in [0.05, 0.1) is 6.07 Å². The smallest absolute Gasteiger partial charge is 0.243 e. The molecule has 0 bridgehead atoms. The van der Waals surface area contributed by atoms with E-state index in [0.717, 1.165) is 32.1 Å². The van der Waals surface area contributed by atoms with E-state index in [1.54, 1.807) is 0 Å². The predicted octanol–water partition coefficient (Wildman–Crippen LogP) is 2.47. The topological polar surface area (TPSA) is 44.1 Å². The van der Waals surface area contributed by atoms with Crippen molar-refractivity contribution in [3.63, 3.8) is 0 Å². The maximum absolute atomic E-state index is 12.3. The van der Waals surface area contributed by atoms with E-state index in [9.17, 15) is 4.79 Å². The summed E-state index contributed by atoms with van der Waals surface area (Å²) in [6.45, 7) is 0. The summed E-state index contributed by atoms with van der Waals surface area (Å²) >= 11 is 0. The first-order valence-electron chi connectivity index (χ1n) is 6.38. The second-order valence-corrected chi connectivity index (χ2v) is 5.26. The Morgan fingerprint density at radius 1 is 1.25 bits per heavy atom. The molecule has 2 aliphatic carbocycles. The zero-order chi connectivity index (χ0) is 11.6. The lowest BCUT2D eigenvalue weighted by Crippen LogP contribution is -2.49. The van der Waals surface area contributed by atoms with Gasteiger partial charge in [-0.15, -0.1) is 0 Å². The van der Waals surface area contributed by atoms with E-state index in [1.807, 2.05) is 11.9 Å². The van der Waals surface area contributed by atoms with Gasteiger partial charge < -0.3 is 4.90 Å². The van der Waals surface area contributed by atoms with Crippen LogP contribution in [0.4, 0.5) is 0 Å². The molecule has 0 saturated heterocycles. The monoisotopic (exact) mass is 220 g/mol. The van der Waals surface area contributed by atoms with Crippen molar-refractivity contribution in [1.29, 1.82) is 5.26 Å². The SMILES string of the molecule is CN(C(=O)C1(C#N)CCC1)C1CCCCC1. The van der Waals surface area contributed by atoms with E-state index in [2.05, 4.69) is 6.07 Å². The van der Waals surface area contributed by atoms with Gasteiger partial charge in [-0.05, 0) is 32.1 Å². The van der Waals surface area contributed by atoms with Crippen molar-refractivity contribution in [3.8, 4) is 6.07 Å². The molecule has 16 heavy (non-hydrogen) atoms. The van der Waals surface area contributed by atoms with Crippen LogP contribution in [0.1, 0.15) is 51.4 Å². The Morgan fingerprint density at radius 2 is 1.88 bits per heavy atom. The summed E-state index contributed by atoms with van der Waals surface area (Å²) in [5.41, 5.74) is -0.661. The van der Waals surface area contributed by atoms with Gasteiger partial charge in [-0.25, -0.2) is 0 Å². The highest BCUT2D eigenvalue weighted by molar-refractivity contribution is 5.86. The molecular weight excluding hydrogens is 200 g/mol. The molecular formula is C13H20N2O. The Hall–Kier alpha value is -1.04. The summed E-state index contributed by atoms with van der Waals surface area (Å²) in [4.78, 5) is 14.1. The van der Waals surface area contributed by atoms with Crippen LogP contribution in [-0.2, 0) is 4.79 Å². The zero-order valence-electron chi connectivity index (χ0n) is 10.0. The van der Waals surface area contributed by atoms with Crippen LogP contribution in [0.3, 0.4) is 0 Å². The molecule has 88 valence electrons. The summed E-state index contributed by atoms with van der Waals surface area (Å²) < 4.78 is 0. The molecule has 0 aromatic heterocycles. The second kappa shape index (κ2) is 4.45. The number of amides is 1. The number of carbonyl (C=O) groups excluding carboxylic acids is 1. The predicted molar refractivity (Wildman–Crippen MR) is 61.5 cm³/mol. The molecule has 0 atom stereocenters. The molecule has 0 aliphatic heterocycles. The van der Waals surface area contributed by atoms with E-state index in [1.165, 1.54) is 19.3 Å². The Balaban J connectivity index is 2.01. The highest BCUT2D eigenvalue weighted by Crippen LogP contribution is 2.42. The Morgan fingerprint density at radius 3 is 2.31 bits per heavy atom. The molecule has 2 saturated carbocycles. The lowest BCUT2D eigenvalue weighted by molar-refractivity contribution is -0.144. The fourth-order valence-corrected chi connectivity index (χ4v) is 2.88. The molecule has 1 amide bonds. The molecule has 3 heteroatoms. The van der Waals surface area contributed by atoms with E-state index < -0.39 is 5.41 Å². The van der Waals surface area contributed by atoms with Crippen LogP contribution >= 0.6 is 0 Å². The standard InChI is InChI=1S/C13H20N2O/c1-15(11-6-3-2-4-7-11)12(16)13(10-14)8-5-9-13/h11H,2-9H2,1H3. The lowest BCUT2D eigenvalue weighted by Gasteiger charge is -2.40. The van der Waals surface area contributed by atoms with Crippen LogP contribution < -0.4 is 0 Å². The van der Waals surface area contributed by atoms with E-state index >= 15 is 0 Å². The van der Waals surface area contributed by atoms with Crippen LogP contribution in [0.25, 0.3) is 0 Å². The molecule has 2 rings (SSSR count). The van der Waals surface area contributed by atoms with Crippen molar-refractivity contribution >= 4 is 5.91 Å². The molecule has 2 fully saturated rings. The Bertz CT molecular complexity index is 308.